The Labute approximate surface area is 333 Å². The zero-order valence-corrected chi connectivity index (χ0v) is 35.1. The molecule has 1 amide bonds. The lowest BCUT2D eigenvalue weighted by atomic mass is 9.99. The van der Waals surface area contributed by atoms with Crippen molar-refractivity contribution in [2.75, 3.05) is 13.2 Å². The van der Waals surface area contributed by atoms with Gasteiger partial charge in [0.1, 0.15) is 24.4 Å². The zero-order chi connectivity index (χ0) is 40.6. The van der Waals surface area contributed by atoms with Crippen LogP contribution >= 0.6 is 0 Å². The number of amides is 1. The molecule has 1 aliphatic rings. The molecule has 0 spiro atoms. The van der Waals surface area contributed by atoms with Crippen molar-refractivity contribution in [1.82, 2.24) is 5.32 Å². The summed E-state index contributed by atoms with van der Waals surface area (Å²) >= 11 is 0. The van der Waals surface area contributed by atoms with Crippen molar-refractivity contribution in [3.63, 3.8) is 0 Å². The number of carbonyl (C=O) groups excluding carboxylic acids is 1. The number of allylic oxidation sites excluding steroid dienone is 4. The lowest BCUT2D eigenvalue weighted by molar-refractivity contribution is -0.298. The number of hydrogen-bond donors (Lipinski definition) is 6. The van der Waals surface area contributed by atoms with Gasteiger partial charge >= 0.3 is 10.4 Å². The summed E-state index contributed by atoms with van der Waals surface area (Å²) in [5, 5.41) is 44.6. The van der Waals surface area contributed by atoms with Crippen molar-refractivity contribution in [2.24, 2.45) is 0 Å². The smallest absolute Gasteiger partial charge is 0.394 e. The van der Waals surface area contributed by atoms with E-state index in [0.29, 0.717) is 12.8 Å². The fourth-order valence-electron chi connectivity index (χ4n) is 6.86. The van der Waals surface area contributed by atoms with Crippen LogP contribution in [0.1, 0.15) is 181 Å². The van der Waals surface area contributed by atoms with Crippen LogP contribution in [0.25, 0.3) is 0 Å². The van der Waals surface area contributed by atoms with Gasteiger partial charge in [0.25, 0.3) is 0 Å². The predicted molar refractivity (Wildman–Crippen MR) is 218 cm³/mol. The van der Waals surface area contributed by atoms with Crippen LogP contribution in [0.3, 0.4) is 0 Å². The Hall–Kier alpha value is -1.42. The van der Waals surface area contributed by atoms with Crippen LogP contribution in [0.4, 0.5) is 0 Å². The maximum absolute atomic E-state index is 13.0. The molecule has 13 heteroatoms. The largest absolute Gasteiger partial charge is 0.397 e. The second-order valence-electron chi connectivity index (χ2n) is 15.3. The van der Waals surface area contributed by atoms with Gasteiger partial charge in [0, 0.05) is 6.42 Å². The van der Waals surface area contributed by atoms with Crippen LogP contribution in [0, 0.1) is 0 Å². The van der Waals surface area contributed by atoms with Gasteiger partial charge in [-0.1, -0.05) is 160 Å². The average molecular weight is 806 g/mol. The molecule has 0 aliphatic carbocycles. The monoisotopic (exact) mass is 806 g/mol. The molecule has 0 bridgehead atoms. The molecule has 1 heterocycles. The predicted octanol–water partition coefficient (Wildman–Crippen LogP) is 7.77. The molecule has 0 radical (unpaired) electrons. The molecule has 7 atom stereocenters. The van der Waals surface area contributed by atoms with Gasteiger partial charge in [-0.3, -0.25) is 9.35 Å². The van der Waals surface area contributed by atoms with Crippen LogP contribution < -0.4 is 5.32 Å². The number of aliphatic hydroxyl groups is 4. The van der Waals surface area contributed by atoms with E-state index in [9.17, 15) is 33.6 Å². The van der Waals surface area contributed by atoms with Gasteiger partial charge in [0.2, 0.25) is 5.91 Å². The van der Waals surface area contributed by atoms with Crippen LogP contribution in [0.5, 0.6) is 0 Å². The van der Waals surface area contributed by atoms with E-state index in [4.69, 9.17) is 14.0 Å². The molecule has 1 fully saturated rings. The first-order valence-corrected chi connectivity index (χ1v) is 23.1. The third-order valence-corrected chi connectivity index (χ3v) is 10.8. The van der Waals surface area contributed by atoms with Crippen molar-refractivity contribution >= 4 is 16.3 Å². The van der Waals surface area contributed by atoms with Crippen LogP contribution in [-0.2, 0) is 28.9 Å². The Bertz CT molecular complexity index is 1090. The van der Waals surface area contributed by atoms with Gasteiger partial charge in [0.15, 0.2) is 6.29 Å². The van der Waals surface area contributed by atoms with Crippen molar-refractivity contribution in [3.8, 4) is 0 Å². The molecule has 1 saturated heterocycles. The third kappa shape index (κ3) is 27.0. The number of rotatable bonds is 36. The fourth-order valence-corrected chi connectivity index (χ4v) is 7.37. The van der Waals surface area contributed by atoms with E-state index in [-0.39, 0.29) is 18.9 Å². The molecule has 12 nitrogen and oxygen atoms in total. The lowest BCUT2D eigenvalue weighted by Crippen LogP contribution is -2.61. The Morgan fingerprint density at radius 2 is 1.20 bits per heavy atom. The Kier molecular flexibility index (Phi) is 31.5. The van der Waals surface area contributed by atoms with Gasteiger partial charge in [-0.25, -0.2) is 4.18 Å². The number of carbonyl (C=O) groups is 1. The summed E-state index contributed by atoms with van der Waals surface area (Å²) in [5.41, 5.74) is 0. The summed E-state index contributed by atoms with van der Waals surface area (Å²) in [6.45, 7) is 3.37. The highest BCUT2D eigenvalue weighted by molar-refractivity contribution is 7.80. The maximum Gasteiger partial charge on any atom is 0.397 e. The molecule has 324 valence electrons. The summed E-state index contributed by atoms with van der Waals surface area (Å²) in [4.78, 5) is 13.0. The van der Waals surface area contributed by atoms with E-state index in [1.165, 1.54) is 96.3 Å². The van der Waals surface area contributed by atoms with Crippen molar-refractivity contribution in [1.29, 1.82) is 0 Å². The minimum absolute atomic E-state index is 0.237. The van der Waals surface area contributed by atoms with E-state index in [1.54, 1.807) is 0 Å². The fraction of sp³-hybridized carbons (Fsp3) is 0.881. The molecule has 55 heavy (non-hydrogen) atoms. The van der Waals surface area contributed by atoms with E-state index >= 15 is 0 Å². The maximum atomic E-state index is 13.0. The normalized spacial score (nSPS) is 21.8. The highest BCUT2D eigenvalue weighted by Gasteiger charge is 2.48. The molecule has 1 aliphatic heterocycles. The first-order chi connectivity index (χ1) is 26.5. The average Bonchev–Trinajstić information content (AvgIpc) is 3.15. The quantitative estimate of drug-likeness (QED) is 0.0206. The SMILES string of the molecule is CCCCC/C=C\C=C/CCCCCCCCCCCCC(=O)NC(COC1OC(CO)C(O)C(OS(=O)(=O)O)C1O)C(O)CCCCCCCCCCC. The van der Waals surface area contributed by atoms with E-state index < -0.39 is 59.9 Å². The lowest BCUT2D eigenvalue weighted by Gasteiger charge is -2.41. The van der Waals surface area contributed by atoms with E-state index in [1.807, 2.05) is 0 Å². The molecular formula is C42H79NO11S. The van der Waals surface area contributed by atoms with Crippen LogP contribution in [0.2, 0.25) is 0 Å². The number of aliphatic hydroxyl groups excluding tert-OH is 4. The minimum atomic E-state index is -5.07. The molecule has 0 aromatic heterocycles. The Morgan fingerprint density at radius 3 is 1.73 bits per heavy atom. The zero-order valence-electron chi connectivity index (χ0n) is 34.2. The van der Waals surface area contributed by atoms with Gasteiger partial charge < -0.3 is 35.2 Å². The summed E-state index contributed by atoms with van der Waals surface area (Å²) in [6, 6.07) is -0.856. The number of ether oxygens (including phenoxy) is 2. The van der Waals surface area contributed by atoms with Crippen molar-refractivity contribution < 1.29 is 51.8 Å². The summed E-state index contributed by atoms with van der Waals surface area (Å²) < 4.78 is 47.5. The standard InChI is InChI=1S/C42H79NO11S/c1-3-5-7-9-11-13-14-15-16-17-18-19-20-21-22-24-26-28-30-32-38(46)43-35(36(45)31-29-27-25-23-12-10-8-6-4-2)34-52-42-40(48)41(54-55(49,50)51)39(47)37(33-44)53-42/h11,13-15,35-37,39-42,44-45,47-48H,3-10,12,16-34H2,1-2H3,(H,43,46)(H,49,50,51)/b13-11-,15-14-. The molecule has 0 aromatic rings. The molecule has 0 saturated carbocycles. The first kappa shape index (κ1) is 51.6. The van der Waals surface area contributed by atoms with Crippen LogP contribution in [0.15, 0.2) is 24.3 Å². The van der Waals surface area contributed by atoms with E-state index in [0.717, 1.165) is 51.4 Å². The molecule has 6 N–H and O–H groups in total. The Balaban J connectivity index is 2.46. The van der Waals surface area contributed by atoms with Gasteiger partial charge in [-0.2, -0.15) is 8.42 Å². The summed E-state index contributed by atoms with van der Waals surface area (Å²) in [6.07, 6.45) is 27.6. The molecular weight excluding hydrogens is 727 g/mol. The first-order valence-electron chi connectivity index (χ1n) is 21.7. The molecule has 0 aromatic carbocycles. The molecule has 7 unspecified atom stereocenters. The van der Waals surface area contributed by atoms with Gasteiger partial charge in [-0.05, 0) is 38.5 Å². The summed E-state index contributed by atoms with van der Waals surface area (Å²) in [5.74, 6) is -0.237. The summed E-state index contributed by atoms with van der Waals surface area (Å²) in [7, 11) is -5.07. The second-order valence-corrected chi connectivity index (χ2v) is 16.4. The number of unbranched alkanes of at least 4 members (excludes halogenated alkanes) is 21. The van der Waals surface area contributed by atoms with Gasteiger partial charge in [0.05, 0.1) is 25.4 Å². The van der Waals surface area contributed by atoms with Crippen molar-refractivity contribution in [2.45, 2.75) is 224 Å². The highest BCUT2D eigenvalue weighted by atomic mass is 32.3. The minimum Gasteiger partial charge on any atom is -0.394 e. The van der Waals surface area contributed by atoms with Crippen molar-refractivity contribution in [3.05, 3.63) is 24.3 Å². The third-order valence-electron chi connectivity index (χ3n) is 10.3. The van der Waals surface area contributed by atoms with E-state index in [2.05, 4.69) is 47.7 Å². The van der Waals surface area contributed by atoms with Gasteiger partial charge in [-0.15, -0.1) is 0 Å². The topological polar surface area (TPSA) is 192 Å². The molecule has 1 rings (SSSR count). The second kappa shape index (κ2) is 33.5. The Morgan fingerprint density at radius 1 is 0.727 bits per heavy atom. The number of hydrogen-bond acceptors (Lipinski definition) is 10. The highest BCUT2D eigenvalue weighted by Crippen LogP contribution is 2.26. The number of nitrogens with one attached hydrogen (secondary N) is 1. The van der Waals surface area contributed by atoms with Crippen LogP contribution in [-0.4, -0.2) is 95.4 Å².